The van der Waals surface area contributed by atoms with Crippen LogP contribution in [0.15, 0.2) is 53.4 Å². The molecule has 0 spiro atoms. The summed E-state index contributed by atoms with van der Waals surface area (Å²) >= 11 is 1.83. The predicted molar refractivity (Wildman–Crippen MR) is 104 cm³/mol. The molecule has 0 amide bonds. The van der Waals surface area contributed by atoms with Crippen LogP contribution in [0.2, 0.25) is 0 Å². The molecule has 0 aliphatic rings. The van der Waals surface area contributed by atoms with Crippen LogP contribution in [-0.4, -0.2) is 16.0 Å². The lowest BCUT2D eigenvalue weighted by Crippen LogP contribution is -1.94. The van der Waals surface area contributed by atoms with E-state index in [2.05, 4.69) is 31.0 Å². The third-order valence-corrected chi connectivity index (χ3v) is 4.80. The second kappa shape index (κ2) is 7.28. The van der Waals surface area contributed by atoms with Crippen LogP contribution in [0.3, 0.4) is 0 Å². The van der Waals surface area contributed by atoms with Gasteiger partial charge in [0.25, 0.3) is 0 Å². The highest BCUT2D eigenvalue weighted by Crippen LogP contribution is 2.31. The van der Waals surface area contributed by atoms with E-state index in [0.29, 0.717) is 16.7 Å². The maximum Gasteiger partial charge on any atom is 0.219 e. The van der Waals surface area contributed by atoms with Gasteiger partial charge in [0.05, 0.1) is 5.52 Å². The molecule has 2 aromatic carbocycles. The summed E-state index contributed by atoms with van der Waals surface area (Å²) in [7, 11) is 0. The summed E-state index contributed by atoms with van der Waals surface area (Å²) in [4.78, 5) is 17.3. The molecule has 0 aliphatic heterocycles. The van der Waals surface area contributed by atoms with Crippen molar-refractivity contribution in [2.45, 2.75) is 37.8 Å². The zero-order valence-electron chi connectivity index (χ0n) is 14.9. The van der Waals surface area contributed by atoms with Crippen LogP contribution in [0.25, 0.3) is 10.9 Å². The number of nitrogens with zero attached hydrogens (tertiary/aromatic N) is 1. The number of ketones is 1. The average molecular weight is 351 g/mol. The Balaban J connectivity index is 1.85. The molecule has 0 radical (unpaired) electrons. The van der Waals surface area contributed by atoms with Crippen LogP contribution in [0.5, 0.6) is 11.6 Å². The number of carbonyl (C=O) groups excluding carboxylic acids is 1. The molecular formula is C21H21NO2S. The highest BCUT2D eigenvalue weighted by molar-refractivity contribution is 7.99. The van der Waals surface area contributed by atoms with Crippen LogP contribution in [0, 0.1) is 6.92 Å². The molecule has 1 aromatic heterocycles. The lowest BCUT2D eigenvalue weighted by molar-refractivity contribution is 0.101. The Kier molecular flexibility index (Phi) is 5.09. The van der Waals surface area contributed by atoms with E-state index in [0.717, 1.165) is 22.2 Å². The van der Waals surface area contributed by atoms with Crippen molar-refractivity contribution in [3.05, 3.63) is 59.7 Å². The van der Waals surface area contributed by atoms with Crippen molar-refractivity contribution < 1.29 is 9.53 Å². The number of pyridine rings is 1. The summed E-state index contributed by atoms with van der Waals surface area (Å²) < 4.78 is 5.97. The highest BCUT2D eigenvalue weighted by Gasteiger charge is 2.07. The summed E-state index contributed by atoms with van der Waals surface area (Å²) in [6.45, 7) is 7.97. The van der Waals surface area contributed by atoms with Gasteiger partial charge in [0, 0.05) is 27.2 Å². The van der Waals surface area contributed by atoms with Crippen molar-refractivity contribution in [1.29, 1.82) is 0 Å². The number of thioether (sulfide) groups is 1. The minimum atomic E-state index is 0.0530. The summed E-state index contributed by atoms with van der Waals surface area (Å²) in [5, 5.41) is 1.48. The fourth-order valence-corrected chi connectivity index (χ4v) is 3.51. The minimum Gasteiger partial charge on any atom is -0.439 e. The molecule has 1 heterocycles. The van der Waals surface area contributed by atoms with E-state index in [9.17, 15) is 4.79 Å². The lowest BCUT2D eigenvalue weighted by atomic mass is 10.1. The molecule has 3 nitrogen and oxygen atoms in total. The molecule has 0 N–H and O–H groups in total. The minimum absolute atomic E-state index is 0.0530. The number of hydrogen-bond donors (Lipinski definition) is 0. The molecule has 0 bridgehead atoms. The number of Topliss-reactive ketones (excluding diaryl/α,β-unsaturated/α-hetero) is 1. The van der Waals surface area contributed by atoms with Crippen LogP contribution < -0.4 is 4.74 Å². The van der Waals surface area contributed by atoms with Gasteiger partial charge in [0.15, 0.2) is 5.78 Å². The standard InChI is InChI=1S/C21H21NO2S/c1-13(2)25-18-7-9-20(14(3)11-18)24-21-10-6-17-12-16(15(4)23)5-8-19(17)22-21/h5-13H,1-4H3. The fourth-order valence-electron chi connectivity index (χ4n) is 2.58. The van der Waals surface area contributed by atoms with Gasteiger partial charge in [0.1, 0.15) is 5.75 Å². The number of hydrogen-bond acceptors (Lipinski definition) is 4. The Morgan fingerprint density at radius 3 is 2.56 bits per heavy atom. The third-order valence-electron chi connectivity index (χ3n) is 3.80. The highest BCUT2D eigenvalue weighted by atomic mass is 32.2. The number of aromatic nitrogens is 1. The van der Waals surface area contributed by atoms with Crippen LogP contribution in [0.1, 0.15) is 36.7 Å². The van der Waals surface area contributed by atoms with E-state index in [1.54, 1.807) is 13.0 Å². The van der Waals surface area contributed by atoms with E-state index in [1.807, 2.05) is 49.0 Å². The molecule has 3 rings (SSSR count). The topological polar surface area (TPSA) is 39.2 Å². The van der Waals surface area contributed by atoms with E-state index < -0.39 is 0 Å². The summed E-state index contributed by atoms with van der Waals surface area (Å²) in [5.74, 6) is 1.41. The molecule has 0 saturated heterocycles. The van der Waals surface area contributed by atoms with Gasteiger partial charge in [-0.15, -0.1) is 11.8 Å². The second-order valence-corrected chi connectivity index (χ2v) is 7.96. The van der Waals surface area contributed by atoms with Crippen molar-refractivity contribution in [1.82, 2.24) is 4.98 Å². The Morgan fingerprint density at radius 1 is 1.08 bits per heavy atom. The lowest BCUT2D eigenvalue weighted by Gasteiger charge is -2.11. The van der Waals surface area contributed by atoms with Gasteiger partial charge in [-0.3, -0.25) is 4.79 Å². The number of fused-ring (bicyclic) bond motifs is 1. The smallest absolute Gasteiger partial charge is 0.219 e. The van der Waals surface area contributed by atoms with Gasteiger partial charge in [-0.1, -0.05) is 13.8 Å². The number of ether oxygens (including phenoxy) is 1. The molecule has 128 valence electrons. The Morgan fingerprint density at radius 2 is 1.88 bits per heavy atom. The molecule has 3 aromatic rings. The van der Waals surface area contributed by atoms with Crippen molar-refractivity contribution >= 4 is 28.4 Å². The fraction of sp³-hybridized carbons (Fsp3) is 0.238. The second-order valence-electron chi connectivity index (χ2n) is 6.31. The largest absolute Gasteiger partial charge is 0.439 e. The van der Waals surface area contributed by atoms with Crippen molar-refractivity contribution in [3.63, 3.8) is 0 Å². The molecule has 0 saturated carbocycles. The Bertz CT molecular complexity index is 934. The number of carbonyl (C=O) groups is 1. The van der Waals surface area contributed by atoms with Crippen LogP contribution in [0.4, 0.5) is 0 Å². The molecule has 0 atom stereocenters. The predicted octanol–water partition coefficient (Wildman–Crippen LogP) is 6.04. The first-order chi connectivity index (χ1) is 11.9. The zero-order chi connectivity index (χ0) is 18.0. The SMILES string of the molecule is CC(=O)c1ccc2nc(Oc3ccc(SC(C)C)cc3C)ccc2c1. The molecule has 25 heavy (non-hydrogen) atoms. The Labute approximate surface area is 152 Å². The van der Waals surface area contributed by atoms with E-state index in [1.165, 1.54) is 4.90 Å². The van der Waals surface area contributed by atoms with Crippen molar-refractivity contribution in [3.8, 4) is 11.6 Å². The number of rotatable bonds is 5. The van der Waals surface area contributed by atoms with E-state index >= 15 is 0 Å². The van der Waals surface area contributed by atoms with Gasteiger partial charge in [0.2, 0.25) is 5.88 Å². The third kappa shape index (κ3) is 4.20. The van der Waals surface area contributed by atoms with Gasteiger partial charge < -0.3 is 4.74 Å². The molecule has 0 aliphatic carbocycles. The number of benzene rings is 2. The Hall–Kier alpha value is -2.33. The monoisotopic (exact) mass is 351 g/mol. The molecule has 4 heteroatoms. The normalized spacial score (nSPS) is 11.1. The first kappa shape index (κ1) is 17.5. The van der Waals surface area contributed by atoms with Gasteiger partial charge in [-0.05, 0) is 61.9 Å². The van der Waals surface area contributed by atoms with E-state index in [-0.39, 0.29) is 5.78 Å². The average Bonchev–Trinajstić information content (AvgIpc) is 2.56. The van der Waals surface area contributed by atoms with Crippen LogP contribution >= 0.6 is 11.8 Å². The molecule has 0 fully saturated rings. The van der Waals surface area contributed by atoms with E-state index in [4.69, 9.17) is 4.74 Å². The summed E-state index contributed by atoms with van der Waals surface area (Å²) in [6, 6.07) is 15.5. The summed E-state index contributed by atoms with van der Waals surface area (Å²) in [6.07, 6.45) is 0. The first-order valence-electron chi connectivity index (χ1n) is 8.29. The molecule has 0 unspecified atom stereocenters. The van der Waals surface area contributed by atoms with Crippen LogP contribution in [-0.2, 0) is 0 Å². The van der Waals surface area contributed by atoms with Gasteiger partial charge in [-0.25, -0.2) is 4.98 Å². The maximum absolute atomic E-state index is 11.5. The molecular weight excluding hydrogens is 330 g/mol. The van der Waals surface area contributed by atoms with Crippen molar-refractivity contribution in [2.75, 3.05) is 0 Å². The number of aryl methyl sites for hydroxylation is 1. The first-order valence-corrected chi connectivity index (χ1v) is 9.17. The quantitative estimate of drug-likeness (QED) is 0.415. The maximum atomic E-state index is 11.5. The summed E-state index contributed by atoms with van der Waals surface area (Å²) in [5.41, 5.74) is 2.59. The van der Waals surface area contributed by atoms with Gasteiger partial charge in [-0.2, -0.15) is 0 Å². The van der Waals surface area contributed by atoms with Gasteiger partial charge >= 0.3 is 0 Å². The van der Waals surface area contributed by atoms with Crippen molar-refractivity contribution in [2.24, 2.45) is 0 Å². The zero-order valence-corrected chi connectivity index (χ0v) is 15.7.